The summed E-state index contributed by atoms with van der Waals surface area (Å²) in [6, 6.07) is 0. The molecule has 0 aromatic heterocycles. The third kappa shape index (κ3) is 4.19. The third-order valence-electron chi connectivity index (χ3n) is 1.09. The average molecular weight is 132 g/mol. The highest BCUT2D eigenvalue weighted by molar-refractivity contribution is 6.17. The van der Waals surface area contributed by atoms with Gasteiger partial charge in [0.25, 0.3) is 0 Å². The smallest absolute Gasteiger partial charge is 0.102 e. The fourth-order valence-electron chi connectivity index (χ4n) is 0.731. The molecular formula is C9H13B. The second-order valence-corrected chi connectivity index (χ2v) is 1.97. The van der Waals surface area contributed by atoms with Gasteiger partial charge in [-0.3, -0.25) is 0 Å². The minimum absolute atomic E-state index is 1.05. The summed E-state index contributed by atoms with van der Waals surface area (Å²) in [5.41, 5.74) is 1.17. The average Bonchev–Trinajstić information content (AvgIpc) is 1.90. The second-order valence-electron chi connectivity index (χ2n) is 1.97. The van der Waals surface area contributed by atoms with E-state index in [0.717, 1.165) is 6.42 Å². The van der Waals surface area contributed by atoms with Gasteiger partial charge in [-0.05, 0) is 18.9 Å². The lowest BCUT2D eigenvalue weighted by molar-refractivity contribution is 1.21. The standard InChI is InChI=1S/C9H13B/c1-3-5-9(6-4-2)7-8-10/h3,5-8H,4H2,1-2H3/b5-3-,8-7+,9-6+. The Kier molecular flexibility index (Phi) is 5.95. The van der Waals surface area contributed by atoms with Crippen LogP contribution in [0, 0.1) is 0 Å². The third-order valence-corrected chi connectivity index (χ3v) is 1.09. The molecule has 0 aromatic carbocycles. The van der Waals surface area contributed by atoms with Gasteiger partial charge in [0.1, 0.15) is 7.85 Å². The lowest BCUT2D eigenvalue weighted by atomic mass is 10.1. The van der Waals surface area contributed by atoms with E-state index in [1.807, 2.05) is 25.2 Å². The fraction of sp³-hybridized carbons (Fsp3) is 0.333. The van der Waals surface area contributed by atoms with E-state index in [2.05, 4.69) is 13.0 Å². The molecule has 0 aliphatic rings. The molecule has 0 atom stereocenters. The predicted molar refractivity (Wildman–Crippen MR) is 48.1 cm³/mol. The molecule has 0 fully saturated rings. The first kappa shape index (κ1) is 9.28. The Bertz CT molecular complexity index is 138. The summed E-state index contributed by atoms with van der Waals surface area (Å²) in [5.74, 6) is 1.56. The highest BCUT2D eigenvalue weighted by Crippen LogP contribution is 1.99. The molecule has 0 bridgehead atoms. The quantitative estimate of drug-likeness (QED) is 0.409. The first-order valence-electron chi connectivity index (χ1n) is 3.56. The summed E-state index contributed by atoms with van der Waals surface area (Å²) in [6.45, 7) is 4.10. The van der Waals surface area contributed by atoms with Crippen molar-refractivity contribution in [2.24, 2.45) is 0 Å². The molecule has 0 rings (SSSR count). The summed E-state index contributed by atoms with van der Waals surface area (Å²) in [5, 5.41) is 0. The van der Waals surface area contributed by atoms with Gasteiger partial charge in [0.05, 0.1) is 0 Å². The van der Waals surface area contributed by atoms with Crippen molar-refractivity contribution >= 4 is 7.85 Å². The zero-order valence-electron chi connectivity index (χ0n) is 6.67. The Morgan fingerprint density at radius 3 is 2.50 bits per heavy atom. The van der Waals surface area contributed by atoms with Crippen LogP contribution in [-0.4, -0.2) is 7.85 Å². The van der Waals surface area contributed by atoms with Gasteiger partial charge in [0.2, 0.25) is 0 Å². The van der Waals surface area contributed by atoms with Crippen LogP contribution in [0.5, 0.6) is 0 Å². The maximum atomic E-state index is 5.23. The molecule has 0 spiro atoms. The topological polar surface area (TPSA) is 0 Å². The Morgan fingerprint density at radius 1 is 1.40 bits per heavy atom. The van der Waals surface area contributed by atoms with Crippen LogP contribution >= 0.6 is 0 Å². The van der Waals surface area contributed by atoms with Crippen molar-refractivity contribution in [1.82, 2.24) is 0 Å². The van der Waals surface area contributed by atoms with E-state index in [1.165, 1.54) is 5.57 Å². The SMILES string of the molecule is [B]/C=C/C(/C=C\C)=C/CC. The second kappa shape index (κ2) is 6.41. The van der Waals surface area contributed by atoms with E-state index in [9.17, 15) is 0 Å². The lowest BCUT2D eigenvalue weighted by Gasteiger charge is -1.89. The molecule has 0 N–H and O–H groups in total. The highest BCUT2D eigenvalue weighted by Gasteiger charge is 1.79. The molecule has 10 heavy (non-hydrogen) atoms. The zero-order valence-corrected chi connectivity index (χ0v) is 6.67. The van der Waals surface area contributed by atoms with Crippen LogP contribution in [-0.2, 0) is 0 Å². The van der Waals surface area contributed by atoms with Gasteiger partial charge in [-0.25, -0.2) is 0 Å². The summed E-state index contributed by atoms with van der Waals surface area (Å²) in [6.07, 6.45) is 9.10. The van der Waals surface area contributed by atoms with Gasteiger partial charge < -0.3 is 0 Å². The van der Waals surface area contributed by atoms with Crippen LogP contribution in [0.4, 0.5) is 0 Å². The molecule has 52 valence electrons. The molecule has 0 amide bonds. The van der Waals surface area contributed by atoms with Crippen molar-refractivity contribution in [2.75, 3.05) is 0 Å². The molecule has 0 saturated heterocycles. The maximum absolute atomic E-state index is 5.23. The minimum atomic E-state index is 1.05. The normalized spacial score (nSPS) is 13.6. The molecule has 0 heterocycles. The predicted octanol–water partition coefficient (Wildman–Crippen LogP) is 2.58. The number of hydrogen-bond acceptors (Lipinski definition) is 0. The van der Waals surface area contributed by atoms with Gasteiger partial charge >= 0.3 is 0 Å². The van der Waals surface area contributed by atoms with Gasteiger partial charge in [-0.15, -0.1) is 5.98 Å². The number of allylic oxidation sites excluding steroid dienone is 5. The van der Waals surface area contributed by atoms with Gasteiger partial charge in [0.15, 0.2) is 0 Å². The van der Waals surface area contributed by atoms with E-state index in [0.29, 0.717) is 0 Å². The van der Waals surface area contributed by atoms with E-state index in [1.54, 1.807) is 5.98 Å². The first-order valence-corrected chi connectivity index (χ1v) is 3.56. The summed E-state index contributed by atoms with van der Waals surface area (Å²) < 4.78 is 0. The van der Waals surface area contributed by atoms with Crippen molar-refractivity contribution in [3.05, 3.63) is 35.9 Å². The minimum Gasteiger partial charge on any atom is -0.131 e. The number of hydrogen-bond donors (Lipinski definition) is 0. The van der Waals surface area contributed by atoms with E-state index in [4.69, 9.17) is 7.85 Å². The molecule has 0 saturated carbocycles. The largest absolute Gasteiger partial charge is 0.131 e. The van der Waals surface area contributed by atoms with Crippen LogP contribution in [0.2, 0.25) is 0 Å². The van der Waals surface area contributed by atoms with Crippen LogP contribution < -0.4 is 0 Å². The van der Waals surface area contributed by atoms with Crippen LogP contribution in [0.15, 0.2) is 35.9 Å². The van der Waals surface area contributed by atoms with Crippen molar-refractivity contribution in [1.29, 1.82) is 0 Å². The van der Waals surface area contributed by atoms with Gasteiger partial charge in [-0.2, -0.15) is 0 Å². The van der Waals surface area contributed by atoms with Crippen molar-refractivity contribution in [2.45, 2.75) is 20.3 Å². The first-order chi connectivity index (χ1) is 4.85. The molecule has 0 nitrogen and oxygen atoms in total. The Labute approximate surface area is 64.7 Å². The van der Waals surface area contributed by atoms with E-state index in [-0.39, 0.29) is 0 Å². The lowest BCUT2D eigenvalue weighted by Crippen LogP contribution is -1.70. The Hall–Kier alpha value is -0.715. The van der Waals surface area contributed by atoms with Gasteiger partial charge in [0, 0.05) is 0 Å². The maximum Gasteiger partial charge on any atom is 0.102 e. The summed E-state index contributed by atoms with van der Waals surface area (Å²) >= 11 is 0. The zero-order chi connectivity index (χ0) is 7.82. The van der Waals surface area contributed by atoms with E-state index >= 15 is 0 Å². The Morgan fingerprint density at radius 2 is 2.10 bits per heavy atom. The van der Waals surface area contributed by atoms with Crippen molar-refractivity contribution in [3.8, 4) is 0 Å². The molecular weight excluding hydrogens is 119 g/mol. The van der Waals surface area contributed by atoms with Crippen LogP contribution in [0.3, 0.4) is 0 Å². The fourth-order valence-corrected chi connectivity index (χ4v) is 0.731. The van der Waals surface area contributed by atoms with Crippen molar-refractivity contribution < 1.29 is 0 Å². The molecule has 0 aromatic rings. The Balaban J connectivity index is 4.11. The van der Waals surface area contributed by atoms with Crippen LogP contribution in [0.1, 0.15) is 20.3 Å². The van der Waals surface area contributed by atoms with E-state index < -0.39 is 0 Å². The van der Waals surface area contributed by atoms with Crippen molar-refractivity contribution in [3.63, 3.8) is 0 Å². The molecule has 0 aliphatic carbocycles. The molecule has 0 aliphatic heterocycles. The number of rotatable bonds is 3. The molecule has 2 radical (unpaired) electrons. The summed E-state index contributed by atoms with van der Waals surface area (Å²) in [7, 11) is 5.23. The molecule has 0 unspecified atom stereocenters. The molecule has 1 heteroatoms. The summed E-state index contributed by atoms with van der Waals surface area (Å²) in [4.78, 5) is 0. The van der Waals surface area contributed by atoms with Gasteiger partial charge in [-0.1, -0.05) is 31.2 Å². The highest BCUT2D eigenvalue weighted by atomic mass is 13.8. The van der Waals surface area contributed by atoms with Crippen LogP contribution in [0.25, 0.3) is 0 Å². The monoisotopic (exact) mass is 132 g/mol.